The summed E-state index contributed by atoms with van der Waals surface area (Å²) in [6.07, 6.45) is 0. The van der Waals surface area contributed by atoms with Crippen molar-refractivity contribution in [2.45, 2.75) is 10.2 Å². The molecule has 0 nitrogen and oxygen atoms in total. The van der Waals surface area contributed by atoms with Gasteiger partial charge in [-0.3, -0.25) is 0 Å². The fraction of sp³-hybridized carbons (Fsp3) is 0.111. The predicted molar refractivity (Wildman–Crippen MR) is 74.4 cm³/mol. The van der Waals surface area contributed by atoms with E-state index in [4.69, 9.17) is 0 Å². The highest BCUT2D eigenvalue weighted by Gasteiger charge is 2.06. The summed E-state index contributed by atoms with van der Waals surface area (Å²) in [5.41, 5.74) is 1.33. The zero-order chi connectivity index (χ0) is 9.42. The molecule has 0 spiro atoms. The Morgan fingerprint density at radius 2 is 2.23 bits per heavy atom. The third-order valence-electron chi connectivity index (χ3n) is 1.84. The van der Waals surface area contributed by atoms with Gasteiger partial charge in [0, 0.05) is 23.9 Å². The Kier molecular flexibility index (Phi) is 3.22. The number of rotatable bonds is 1. The molecule has 0 atom stereocenters. The Morgan fingerprint density at radius 3 is 2.92 bits per heavy atom. The van der Waals surface area contributed by atoms with Crippen molar-refractivity contribution in [2.75, 3.05) is 0 Å². The van der Waals surface area contributed by atoms with Gasteiger partial charge in [-0.1, -0.05) is 15.9 Å². The molecule has 68 valence electrons. The van der Waals surface area contributed by atoms with Crippen LogP contribution in [0.15, 0.2) is 22.4 Å². The van der Waals surface area contributed by atoms with Gasteiger partial charge in [0.2, 0.25) is 0 Å². The van der Waals surface area contributed by atoms with Crippen LogP contribution in [0.1, 0.15) is 5.56 Å². The van der Waals surface area contributed by atoms with Crippen molar-refractivity contribution >= 4 is 72.6 Å². The topological polar surface area (TPSA) is 0 Å². The Morgan fingerprint density at radius 1 is 1.46 bits per heavy atom. The molecule has 0 saturated heterocycles. The van der Waals surface area contributed by atoms with Crippen LogP contribution in [0.3, 0.4) is 0 Å². The summed E-state index contributed by atoms with van der Waals surface area (Å²) in [4.78, 5) is 1.08. The van der Waals surface area contributed by atoms with Crippen molar-refractivity contribution in [2.24, 2.45) is 0 Å². The van der Waals surface area contributed by atoms with E-state index in [2.05, 4.69) is 68.7 Å². The number of hydrogen-bond donors (Lipinski definition) is 1. The normalized spacial score (nSPS) is 11.0. The maximum Gasteiger partial charge on any atom is 0.0367 e. The number of thiophene rings is 1. The van der Waals surface area contributed by atoms with Gasteiger partial charge in [0.25, 0.3) is 0 Å². The van der Waals surface area contributed by atoms with Crippen molar-refractivity contribution in [3.05, 3.63) is 26.6 Å². The molecular formula is C9H6BrIS2. The van der Waals surface area contributed by atoms with Gasteiger partial charge < -0.3 is 0 Å². The zero-order valence-electron chi connectivity index (χ0n) is 6.55. The maximum absolute atomic E-state index is 4.49. The first-order valence-corrected chi connectivity index (χ1v) is 7.19. The molecule has 2 aromatic rings. The third-order valence-corrected chi connectivity index (χ3v) is 4.40. The van der Waals surface area contributed by atoms with Gasteiger partial charge in [0.1, 0.15) is 0 Å². The summed E-state index contributed by atoms with van der Waals surface area (Å²) < 4.78 is 2.57. The largest absolute Gasteiger partial charge is 0.143 e. The van der Waals surface area contributed by atoms with E-state index in [1.165, 1.54) is 19.2 Å². The van der Waals surface area contributed by atoms with E-state index in [0.29, 0.717) is 0 Å². The van der Waals surface area contributed by atoms with Crippen LogP contribution in [0, 0.1) is 3.57 Å². The van der Waals surface area contributed by atoms with Crippen molar-refractivity contribution in [1.82, 2.24) is 0 Å². The van der Waals surface area contributed by atoms with E-state index in [0.717, 1.165) is 10.2 Å². The second kappa shape index (κ2) is 4.08. The molecular weight excluding hydrogens is 379 g/mol. The lowest BCUT2D eigenvalue weighted by atomic mass is 10.2. The Balaban J connectivity index is 2.82. The summed E-state index contributed by atoms with van der Waals surface area (Å²) in [5.74, 6) is 0. The van der Waals surface area contributed by atoms with Crippen LogP contribution in [0.2, 0.25) is 0 Å². The van der Waals surface area contributed by atoms with E-state index in [9.17, 15) is 0 Å². The number of thiol groups is 1. The number of fused-ring (bicyclic) bond motifs is 1. The van der Waals surface area contributed by atoms with Crippen LogP contribution in [-0.4, -0.2) is 0 Å². The second-order valence-corrected chi connectivity index (χ2v) is 5.89. The van der Waals surface area contributed by atoms with Crippen LogP contribution < -0.4 is 0 Å². The van der Waals surface area contributed by atoms with Crippen molar-refractivity contribution in [1.29, 1.82) is 0 Å². The van der Waals surface area contributed by atoms with Crippen LogP contribution in [0.25, 0.3) is 10.1 Å². The summed E-state index contributed by atoms with van der Waals surface area (Å²) in [7, 11) is 0. The van der Waals surface area contributed by atoms with E-state index in [-0.39, 0.29) is 0 Å². The highest BCUT2D eigenvalue weighted by molar-refractivity contribution is 14.1. The molecule has 0 amide bonds. The molecule has 0 aliphatic rings. The molecule has 1 heterocycles. The van der Waals surface area contributed by atoms with Crippen molar-refractivity contribution in [3.63, 3.8) is 0 Å². The van der Waals surface area contributed by atoms with Gasteiger partial charge in [-0.2, -0.15) is 0 Å². The zero-order valence-corrected chi connectivity index (χ0v) is 12.0. The first-order chi connectivity index (χ1) is 6.22. The van der Waals surface area contributed by atoms with Crippen LogP contribution in [0.5, 0.6) is 0 Å². The lowest BCUT2D eigenvalue weighted by molar-refractivity contribution is 1.47. The molecule has 1 aromatic heterocycles. The van der Waals surface area contributed by atoms with Crippen LogP contribution in [0.4, 0.5) is 0 Å². The van der Waals surface area contributed by atoms with Gasteiger partial charge in [-0.15, -0.1) is 24.0 Å². The van der Waals surface area contributed by atoms with E-state index in [1.807, 2.05) is 0 Å². The molecule has 0 N–H and O–H groups in total. The first-order valence-electron chi connectivity index (χ1n) is 3.67. The highest BCUT2D eigenvalue weighted by atomic mass is 127. The van der Waals surface area contributed by atoms with Gasteiger partial charge in [0.15, 0.2) is 0 Å². The quantitative estimate of drug-likeness (QED) is 0.411. The molecule has 4 heteroatoms. The Hall–Kier alpha value is 0.740. The average Bonchev–Trinajstić information content (AvgIpc) is 2.47. The first kappa shape index (κ1) is 10.3. The standard InChI is InChI=1S/C9H6BrIS2/c10-3-5-4-13-8-2-6(11)1-7(12)9(5)8/h1-2,4,12H,3H2. The van der Waals surface area contributed by atoms with Gasteiger partial charge in [0.05, 0.1) is 0 Å². The minimum absolute atomic E-state index is 0.904. The lowest BCUT2D eigenvalue weighted by Gasteiger charge is -1.99. The molecule has 2 rings (SSSR count). The summed E-state index contributed by atoms with van der Waals surface area (Å²) in [6.45, 7) is 0. The lowest BCUT2D eigenvalue weighted by Crippen LogP contribution is -1.77. The minimum atomic E-state index is 0.904. The minimum Gasteiger partial charge on any atom is -0.143 e. The van der Waals surface area contributed by atoms with Crippen LogP contribution in [-0.2, 0) is 5.33 Å². The van der Waals surface area contributed by atoms with E-state index in [1.54, 1.807) is 11.3 Å². The monoisotopic (exact) mass is 384 g/mol. The van der Waals surface area contributed by atoms with Crippen molar-refractivity contribution < 1.29 is 0 Å². The number of halogens is 2. The molecule has 0 aliphatic heterocycles. The SMILES string of the molecule is Sc1cc(I)cc2scc(CBr)c12. The molecule has 0 aliphatic carbocycles. The van der Waals surface area contributed by atoms with E-state index < -0.39 is 0 Å². The molecule has 0 fully saturated rings. The fourth-order valence-electron chi connectivity index (χ4n) is 1.28. The van der Waals surface area contributed by atoms with Crippen LogP contribution >= 0.6 is 62.5 Å². The summed E-state index contributed by atoms with van der Waals surface area (Å²) in [5, 5.41) is 4.39. The maximum atomic E-state index is 4.49. The molecule has 0 unspecified atom stereocenters. The summed E-state index contributed by atoms with van der Waals surface area (Å²) >= 11 is 12.1. The fourth-order valence-corrected chi connectivity index (χ4v) is 4.52. The number of alkyl halides is 1. The average molecular weight is 385 g/mol. The van der Waals surface area contributed by atoms with E-state index >= 15 is 0 Å². The molecule has 13 heavy (non-hydrogen) atoms. The predicted octanol–water partition coefficient (Wildman–Crippen LogP) is 4.69. The number of hydrogen-bond acceptors (Lipinski definition) is 2. The van der Waals surface area contributed by atoms with Gasteiger partial charge >= 0.3 is 0 Å². The molecule has 0 bridgehead atoms. The Labute approximate surface area is 108 Å². The Bertz CT molecular complexity index is 450. The highest BCUT2D eigenvalue weighted by Crippen LogP contribution is 2.33. The molecule has 0 radical (unpaired) electrons. The summed E-state index contributed by atoms with van der Waals surface area (Å²) in [6, 6.07) is 4.30. The smallest absolute Gasteiger partial charge is 0.0367 e. The molecule has 0 saturated carbocycles. The van der Waals surface area contributed by atoms with Crippen molar-refractivity contribution in [3.8, 4) is 0 Å². The second-order valence-electron chi connectivity index (χ2n) is 2.69. The third kappa shape index (κ3) is 1.91. The number of benzene rings is 1. The van der Waals surface area contributed by atoms with Gasteiger partial charge in [-0.25, -0.2) is 0 Å². The van der Waals surface area contributed by atoms with Gasteiger partial charge in [-0.05, 0) is 45.7 Å². The molecule has 1 aromatic carbocycles.